The van der Waals surface area contributed by atoms with Crippen LogP contribution in [0.3, 0.4) is 0 Å². The van der Waals surface area contributed by atoms with E-state index in [-0.39, 0.29) is 45.0 Å². The molecule has 16 nitrogen and oxygen atoms in total. The van der Waals surface area contributed by atoms with Crippen LogP contribution in [0.1, 0.15) is 64.5 Å². The Kier molecular flexibility index (Phi) is 10.1. The molecule has 284 valence electrons. The number of anilines is 1. The maximum Gasteiger partial charge on any atom is 0.303 e. The molecular formula is C35H34N4O12S3. The normalized spacial score (nSPS) is 18.9. The van der Waals surface area contributed by atoms with Gasteiger partial charge in [0.1, 0.15) is 34.0 Å². The maximum atomic E-state index is 14.1. The van der Waals surface area contributed by atoms with Crippen molar-refractivity contribution < 1.29 is 58.5 Å². The van der Waals surface area contributed by atoms with Gasteiger partial charge in [0.2, 0.25) is 5.69 Å². The average Bonchev–Trinajstić information content (AvgIpc) is 3.44. The molecule has 0 fully saturated rings. The Labute approximate surface area is 311 Å². The second-order valence-electron chi connectivity index (χ2n) is 13.9. The number of nitriles is 2. The van der Waals surface area contributed by atoms with Crippen LogP contribution in [0.15, 0.2) is 90.9 Å². The fourth-order valence-corrected chi connectivity index (χ4v) is 9.05. The third kappa shape index (κ3) is 6.97. The summed E-state index contributed by atoms with van der Waals surface area (Å²) in [7, 11) is -14.5. The minimum absolute atomic E-state index is 0.0237. The summed E-state index contributed by atoms with van der Waals surface area (Å²) >= 11 is 0. The topological polar surface area (TPSA) is 286 Å². The first kappa shape index (κ1) is 40.0. The van der Waals surface area contributed by atoms with Gasteiger partial charge in [-0.25, -0.2) is 0 Å². The van der Waals surface area contributed by atoms with Crippen LogP contribution in [0, 0.1) is 22.7 Å². The largest absolute Gasteiger partial charge is 0.872 e. The van der Waals surface area contributed by atoms with Crippen LogP contribution in [0.25, 0.3) is 0 Å². The van der Waals surface area contributed by atoms with Gasteiger partial charge in [-0.15, -0.1) is 0 Å². The summed E-state index contributed by atoms with van der Waals surface area (Å²) in [6, 6.07) is 9.17. The fraction of sp³-hybridized carbons (Fsp3) is 0.314. The Balaban J connectivity index is 1.71. The molecule has 5 N–H and O–H groups in total. The molecule has 0 unspecified atom stereocenters. The van der Waals surface area contributed by atoms with Gasteiger partial charge in [0.05, 0.1) is 16.0 Å². The molecule has 5 rings (SSSR count). The second kappa shape index (κ2) is 13.6. The Hall–Kier alpha value is -5.15. The molecule has 0 saturated heterocycles. The van der Waals surface area contributed by atoms with Crippen LogP contribution in [0.2, 0.25) is 0 Å². The maximum absolute atomic E-state index is 14.1. The number of benzene rings is 2. The van der Waals surface area contributed by atoms with Crippen molar-refractivity contribution in [3.8, 4) is 12.1 Å². The van der Waals surface area contributed by atoms with E-state index in [4.69, 9.17) is 5.11 Å². The Bertz CT molecular complexity index is 2620. The van der Waals surface area contributed by atoms with Gasteiger partial charge in [0, 0.05) is 52.8 Å². The number of hydrogen-bond acceptors (Lipinski definition) is 11. The monoisotopic (exact) mass is 798 g/mol. The molecule has 0 bridgehead atoms. The van der Waals surface area contributed by atoms with Crippen molar-refractivity contribution in [1.82, 2.24) is 0 Å². The SMILES string of the molecule is CC1(C)C(C=C2C([O-])=C(C=C3Nc4c(S(=O)(=O)O)ccc(S(=O)(=O)O)c4C3(C)C)C2=C(C#N)C#N)=[N+](CCCCCC(=O)O)c2ccc(S(=O)(=O)O)cc21. The summed E-state index contributed by atoms with van der Waals surface area (Å²) in [5.41, 5.74) is -2.42. The average molecular weight is 799 g/mol. The zero-order valence-electron chi connectivity index (χ0n) is 29.2. The molecule has 54 heavy (non-hydrogen) atoms. The third-order valence-electron chi connectivity index (χ3n) is 9.75. The van der Waals surface area contributed by atoms with Crippen molar-refractivity contribution in [2.24, 2.45) is 0 Å². The van der Waals surface area contributed by atoms with Crippen LogP contribution in [0.5, 0.6) is 0 Å². The second-order valence-corrected chi connectivity index (χ2v) is 18.1. The van der Waals surface area contributed by atoms with Gasteiger partial charge in [-0.3, -0.25) is 18.5 Å². The van der Waals surface area contributed by atoms with Crippen LogP contribution in [-0.2, 0) is 46.0 Å². The van der Waals surface area contributed by atoms with Crippen molar-refractivity contribution >= 4 is 53.4 Å². The fourth-order valence-electron chi connectivity index (χ4n) is 7.04. The smallest absolute Gasteiger partial charge is 0.303 e. The van der Waals surface area contributed by atoms with Crippen molar-refractivity contribution in [2.75, 3.05) is 11.9 Å². The molecular weight excluding hydrogens is 765 g/mol. The molecule has 2 aromatic carbocycles. The molecule has 0 aromatic heterocycles. The lowest BCUT2D eigenvalue weighted by Gasteiger charge is -2.35. The van der Waals surface area contributed by atoms with Gasteiger partial charge in [-0.05, 0) is 68.2 Å². The highest BCUT2D eigenvalue weighted by Crippen LogP contribution is 2.51. The zero-order chi connectivity index (χ0) is 40.3. The van der Waals surface area contributed by atoms with Crippen molar-refractivity contribution in [3.05, 3.63) is 87.4 Å². The number of fused-ring (bicyclic) bond motifs is 2. The molecule has 0 saturated carbocycles. The van der Waals surface area contributed by atoms with Crippen LogP contribution >= 0.6 is 0 Å². The highest BCUT2D eigenvalue weighted by atomic mass is 32.2. The van der Waals surface area contributed by atoms with E-state index in [0.29, 0.717) is 42.8 Å². The van der Waals surface area contributed by atoms with Gasteiger partial charge in [0.25, 0.3) is 30.4 Å². The number of carboxylic acid groups (broad SMARTS) is 1. The molecule has 2 heterocycles. The van der Waals surface area contributed by atoms with Gasteiger partial charge < -0.3 is 15.5 Å². The van der Waals surface area contributed by atoms with Gasteiger partial charge >= 0.3 is 5.97 Å². The molecule has 2 aromatic rings. The quantitative estimate of drug-likeness (QED) is 0.0939. The molecule has 3 aliphatic rings. The first-order valence-corrected chi connectivity index (χ1v) is 20.5. The third-order valence-corrected chi connectivity index (χ3v) is 12.4. The van der Waals surface area contributed by atoms with E-state index in [1.54, 1.807) is 26.0 Å². The molecule has 19 heteroatoms. The molecule has 0 amide bonds. The highest BCUT2D eigenvalue weighted by Gasteiger charge is 2.47. The number of rotatable bonds is 11. The number of carbonyl (C=O) groups is 1. The molecule has 0 radical (unpaired) electrons. The van der Waals surface area contributed by atoms with Crippen LogP contribution < -0.4 is 10.4 Å². The molecule has 1 aliphatic carbocycles. The Morgan fingerprint density at radius 2 is 1.48 bits per heavy atom. The number of aliphatic carboxylic acids is 1. The van der Waals surface area contributed by atoms with Gasteiger partial charge in [0.15, 0.2) is 5.71 Å². The Morgan fingerprint density at radius 3 is 2.04 bits per heavy atom. The first-order chi connectivity index (χ1) is 24.9. The predicted molar refractivity (Wildman–Crippen MR) is 189 cm³/mol. The van der Waals surface area contributed by atoms with Crippen molar-refractivity contribution in [2.45, 2.75) is 78.9 Å². The highest BCUT2D eigenvalue weighted by molar-refractivity contribution is 7.86. The van der Waals surface area contributed by atoms with Crippen molar-refractivity contribution in [3.63, 3.8) is 0 Å². The van der Waals surface area contributed by atoms with Gasteiger partial charge in [-0.2, -0.15) is 40.4 Å². The molecule has 0 spiro atoms. The summed E-state index contributed by atoms with van der Waals surface area (Å²) in [5, 5.41) is 45.8. The summed E-state index contributed by atoms with van der Waals surface area (Å²) < 4.78 is 105. The predicted octanol–water partition coefficient (Wildman–Crippen LogP) is 3.63. The number of allylic oxidation sites excluding steroid dienone is 6. The zero-order valence-corrected chi connectivity index (χ0v) is 31.6. The molecule has 2 aliphatic heterocycles. The number of nitrogens with zero attached hydrogens (tertiary/aromatic N) is 3. The number of hydrogen-bond donors (Lipinski definition) is 5. The molecule has 0 atom stereocenters. The summed E-state index contributed by atoms with van der Waals surface area (Å²) in [5.74, 6) is -1.62. The van der Waals surface area contributed by atoms with E-state index >= 15 is 0 Å². The van der Waals surface area contributed by atoms with Crippen LogP contribution in [-0.4, -0.2) is 66.8 Å². The summed E-state index contributed by atoms with van der Waals surface area (Å²) in [4.78, 5) is 9.30. The number of nitrogens with one attached hydrogen (secondary N) is 1. The van der Waals surface area contributed by atoms with E-state index in [0.717, 1.165) is 12.1 Å². The lowest BCUT2D eigenvalue weighted by atomic mass is 9.74. The van der Waals surface area contributed by atoms with E-state index in [2.05, 4.69) is 5.32 Å². The standard InChI is InChI=1S/C35H34N4O12S3/c1-34(2)23-14-20(52(43,44)45)9-10-24(23)39(13-7-5-6-8-29(40)41)28(34)16-22-30(19(17-36)18-37)21(33(22)42)15-27-35(3,4)31-25(53(46,47)48)11-12-26(32(31)38-27)54(49,50)51/h9-12,14-16H,5-8,13H2,1-4H3,(H5,40,41,42,43,44,45,46,47,48,49,50,51). The minimum atomic E-state index is -4.94. The van der Waals surface area contributed by atoms with E-state index < -0.39 is 68.3 Å². The van der Waals surface area contributed by atoms with Crippen LogP contribution in [0.4, 0.5) is 11.4 Å². The number of carboxylic acids is 1. The number of unbranched alkanes of at least 4 members (excludes halogenated alkanes) is 2. The van der Waals surface area contributed by atoms with Crippen molar-refractivity contribution in [1.29, 1.82) is 10.5 Å². The Morgan fingerprint density at radius 1 is 0.870 bits per heavy atom. The van der Waals surface area contributed by atoms with E-state index in [9.17, 15) is 59.3 Å². The van der Waals surface area contributed by atoms with E-state index in [1.165, 1.54) is 44.2 Å². The lowest BCUT2D eigenvalue weighted by Crippen LogP contribution is -2.31. The first-order valence-electron chi connectivity index (χ1n) is 16.2. The minimum Gasteiger partial charge on any atom is -0.872 e. The summed E-state index contributed by atoms with van der Waals surface area (Å²) in [6.07, 6.45) is 4.02. The van der Waals surface area contributed by atoms with Gasteiger partial charge in [-0.1, -0.05) is 19.6 Å². The van der Waals surface area contributed by atoms with E-state index in [1.807, 2.05) is 4.58 Å². The lowest BCUT2D eigenvalue weighted by molar-refractivity contribution is -0.438. The summed E-state index contributed by atoms with van der Waals surface area (Å²) in [6.45, 7) is 6.70.